The lowest BCUT2D eigenvalue weighted by Gasteiger charge is -2.38. The quantitative estimate of drug-likeness (QED) is 0.779. The molecular formula is C14H21N. The van der Waals surface area contributed by atoms with Gasteiger partial charge < -0.3 is 5.32 Å². The molecule has 0 fully saturated rings. The highest BCUT2D eigenvalue weighted by atomic mass is 14.9. The van der Waals surface area contributed by atoms with E-state index in [-0.39, 0.29) is 5.54 Å². The number of fused-ring (bicyclic) bond motifs is 1. The lowest BCUT2D eigenvalue weighted by atomic mass is 9.73. The van der Waals surface area contributed by atoms with E-state index in [2.05, 4.69) is 50.5 Å². The molecule has 0 spiro atoms. The smallest absolute Gasteiger partial charge is 0.0190 e. The Kier molecular flexibility index (Phi) is 2.83. The summed E-state index contributed by atoms with van der Waals surface area (Å²) in [5.41, 5.74) is 3.32. The van der Waals surface area contributed by atoms with Gasteiger partial charge in [-0.05, 0) is 51.3 Å². The zero-order valence-electron chi connectivity index (χ0n) is 10.0. The lowest BCUT2D eigenvalue weighted by molar-refractivity contribution is 0.312. The maximum absolute atomic E-state index is 3.45. The fourth-order valence-electron chi connectivity index (χ4n) is 2.68. The number of hydrogen-bond acceptors (Lipinski definition) is 1. The maximum Gasteiger partial charge on any atom is 0.0190 e. The van der Waals surface area contributed by atoms with Crippen LogP contribution >= 0.6 is 0 Å². The predicted molar refractivity (Wildman–Crippen MR) is 65.3 cm³/mol. The molecule has 0 aliphatic heterocycles. The van der Waals surface area contributed by atoms with Crippen molar-refractivity contribution in [2.45, 2.75) is 44.6 Å². The summed E-state index contributed by atoms with van der Waals surface area (Å²) >= 11 is 0. The third-order valence-corrected chi connectivity index (χ3v) is 3.88. The van der Waals surface area contributed by atoms with Gasteiger partial charge in [-0.2, -0.15) is 0 Å². The summed E-state index contributed by atoms with van der Waals surface area (Å²) in [6.45, 7) is 4.61. The van der Waals surface area contributed by atoms with Gasteiger partial charge in [0.05, 0.1) is 0 Å². The van der Waals surface area contributed by atoms with Crippen molar-refractivity contribution in [1.82, 2.24) is 5.32 Å². The molecular weight excluding hydrogens is 182 g/mol. The molecule has 0 bridgehead atoms. The Morgan fingerprint density at radius 1 is 1.27 bits per heavy atom. The normalized spacial score (nSPS) is 21.1. The van der Waals surface area contributed by atoms with E-state index in [9.17, 15) is 0 Å². The van der Waals surface area contributed by atoms with Crippen LogP contribution in [0.2, 0.25) is 0 Å². The fourth-order valence-corrected chi connectivity index (χ4v) is 2.68. The maximum atomic E-state index is 3.45. The lowest BCUT2D eigenvalue weighted by Crippen LogP contribution is -2.43. The van der Waals surface area contributed by atoms with Gasteiger partial charge in [-0.15, -0.1) is 0 Å². The topological polar surface area (TPSA) is 12.0 Å². The highest BCUT2D eigenvalue weighted by Crippen LogP contribution is 2.38. The largest absolute Gasteiger partial charge is 0.314 e. The van der Waals surface area contributed by atoms with Crippen LogP contribution in [-0.4, -0.2) is 12.6 Å². The Hall–Kier alpha value is -0.820. The first-order valence-corrected chi connectivity index (χ1v) is 5.92. The summed E-state index contributed by atoms with van der Waals surface area (Å²) < 4.78 is 0. The van der Waals surface area contributed by atoms with Crippen molar-refractivity contribution in [2.75, 3.05) is 7.05 Å². The molecule has 0 aromatic heterocycles. The summed E-state index contributed by atoms with van der Waals surface area (Å²) in [7, 11) is 2.07. The minimum absolute atomic E-state index is 0.205. The Bertz CT molecular complexity index is 341. The van der Waals surface area contributed by atoms with E-state index >= 15 is 0 Å². The van der Waals surface area contributed by atoms with Crippen molar-refractivity contribution < 1.29 is 0 Å². The number of rotatable bonds is 2. The van der Waals surface area contributed by atoms with Gasteiger partial charge in [-0.25, -0.2) is 0 Å². The Labute approximate surface area is 92.9 Å². The molecule has 0 radical (unpaired) electrons. The van der Waals surface area contributed by atoms with Gasteiger partial charge in [0.1, 0.15) is 0 Å². The van der Waals surface area contributed by atoms with Gasteiger partial charge in [0.25, 0.3) is 0 Å². The van der Waals surface area contributed by atoms with E-state index in [4.69, 9.17) is 0 Å². The average Bonchev–Trinajstić information content (AvgIpc) is 2.28. The van der Waals surface area contributed by atoms with Crippen LogP contribution < -0.4 is 5.32 Å². The molecule has 82 valence electrons. The second kappa shape index (κ2) is 3.97. The minimum Gasteiger partial charge on any atom is -0.314 e. The van der Waals surface area contributed by atoms with E-state index < -0.39 is 0 Å². The molecule has 0 heterocycles. The molecule has 1 N–H and O–H groups in total. The van der Waals surface area contributed by atoms with E-state index in [1.165, 1.54) is 19.3 Å². The first kappa shape index (κ1) is 10.7. The number of nitrogens with one attached hydrogen (secondary N) is 1. The Balaban J connectivity index is 2.38. The number of hydrogen-bond donors (Lipinski definition) is 1. The van der Waals surface area contributed by atoms with Crippen LogP contribution in [-0.2, 0) is 6.42 Å². The molecule has 1 atom stereocenters. The molecule has 0 saturated heterocycles. The molecule has 1 heteroatoms. The number of aryl methyl sites for hydroxylation is 1. The SMILES string of the molecule is CNC(C)(C)C1CCCc2ccccc21. The first-order valence-electron chi connectivity index (χ1n) is 5.92. The molecule has 0 amide bonds. The van der Waals surface area contributed by atoms with Crippen LogP contribution in [0.4, 0.5) is 0 Å². The average molecular weight is 203 g/mol. The fraction of sp³-hybridized carbons (Fsp3) is 0.571. The van der Waals surface area contributed by atoms with Gasteiger partial charge in [-0.3, -0.25) is 0 Å². The summed E-state index contributed by atoms with van der Waals surface area (Å²) in [5, 5.41) is 3.45. The van der Waals surface area contributed by atoms with Gasteiger partial charge in [0, 0.05) is 11.5 Å². The van der Waals surface area contributed by atoms with Gasteiger partial charge in [0.15, 0.2) is 0 Å². The third kappa shape index (κ3) is 1.93. The van der Waals surface area contributed by atoms with Crippen LogP contribution in [0.1, 0.15) is 43.7 Å². The van der Waals surface area contributed by atoms with E-state index in [1.807, 2.05) is 0 Å². The van der Waals surface area contributed by atoms with Gasteiger partial charge >= 0.3 is 0 Å². The zero-order valence-corrected chi connectivity index (χ0v) is 10.0. The minimum atomic E-state index is 0.205. The second-order valence-corrected chi connectivity index (χ2v) is 5.12. The molecule has 1 unspecified atom stereocenters. The summed E-state index contributed by atoms with van der Waals surface area (Å²) in [5.74, 6) is 0.660. The highest BCUT2D eigenvalue weighted by molar-refractivity contribution is 5.34. The third-order valence-electron chi connectivity index (χ3n) is 3.88. The van der Waals surface area contributed by atoms with E-state index in [1.54, 1.807) is 11.1 Å². The van der Waals surface area contributed by atoms with Crippen LogP contribution in [0.3, 0.4) is 0 Å². The molecule has 0 saturated carbocycles. The molecule has 1 nitrogen and oxygen atoms in total. The second-order valence-electron chi connectivity index (χ2n) is 5.12. The Morgan fingerprint density at radius 3 is 2.73 bits per heavy atom. The molecule has 2 rings (SSSR count). The van der Waals surface area contributed by atoms with E-state index in [0.717, 1.165) is 0 Å². The summed E-state index contributed by atoms with van der Waals surface area (Å²) in [6, 6.07) is 8.92. The molecule has 1 aromatic rings. The summed E-state index contributed by atoms with van der Waals surface area (Å²) in [6.07, 6.45) is 3.89. The number of likely N-dealkylation sites (N-methyl/N-ethyl adjacent to an activating group) is 1. The molecule has 1 aromatic carbocycles. The van der Waals surface area contributed by atoms with Crippen molar-refractivity contribution in [2.24, 2.45) is 0 Å². The van der Waals surface area contributed by atoms with Crippen molar-refractivity contribution in [1.29, 1.82) is 0 Å². The van der Waals surface area contributed by atoms with Gasteiger partial charge in [0.2, 0.25) is 0 Å². The summed E-state index contributed by atoms with van der Waals surface area (Å²) in [4.78, 5) is 0. The first-order chi connectivity index (χ1) is 7.15. The number of benzene rings is 1. The van der Waals surface area contributed by atoms with Crippen molar-refractivity contribution in [3.05, 3.63) is 35.4 Å². The standard InChI is InChI=1S/C14H21N/c1-14(2,15-3)13-10-6-8-11-7-4-5-9-12(11)13/h4-5,7,9,13,15H,6,8,10H2,1-3H3. The van der Waals surface area contributed by atoms with Crippen LogP contribution in [0.15, 0.2) is 24.3 Å². The Morgan fingerprint density at radius 2 is 2.00 bits per heavy atom. The van der Waals surface area contributed by atoms with Crippen molar-refractivity contribution in [3.8, 4) is 0 Å². The molecule has 15 heavy (non-hydrogen) atoms. The predicted octanol–water partition coefficient (Wildman–Crippen LogP) is 3.10. The van der Waals surface area contributed by atoms with Crippen LogP contribution in [0, 0.1) is 0 Å². The van der Waals surface area contributed by atoms with Crippen LogP contribution in [0.25, 0.3) is 0 Å². The molecule has 1 aliphatic carbocycles. The van der Waals surface area contributed by atoms with Gasteiger partial charge in [-0.1, -0.05) is 24.3 Å². The zero-order chi connectivity index (χ0) is 10.9. The van der Waals surface area contributed by atoms with Crippen molar-refractivity contribution in [3.63, 3.8) is 0 Å². The van der Waals surface area contributed by atoms with Crippen LogP contribution in [0.5, 0.6) is 0 Å². The molecule has 1 aliphatic rings. The highest BCUT2D eigenvalue weighted by Gasteiger charge is 2.32. The monoisotopic (exact) mass is 203 g/mol. The van der Waals surface area contributed by atoms with E-state index in [0.29, 0.717) is 5.92 Å². The van der Waals surface area contributed by atoms with Crippen molar-refractivity contribution >= 4 is 0 Å².